The topological polar surface area (TPSA) is 47.8 Å². The van der Waals surface area contributed by atoms with E-state index in [1.54, 1.807) is 23.3 Å². The van der Waals surface area contributed by atoms with Crippen molar-refractivity contribution in [1.82, 2.24) is 14.5 Å². The second-order valence-electron chi connectivity index (χ2n) is 3.22. The summed E-state index contributed by atoms with van der Waals surface area (Å²) in [7, 11) is 0. The molecule has 0 saturated carbocycles. The number of aromatic nitrogens is 3. The van der Waals surface area contributed by atoms with Crippen molar-refractivity contribution in [1.29, 1.82) is 0 Å². The quantitative estimate of drug-likeness (QED) is 0.740. The van der Waals surface area contributed by atoms with E-state index in [1.807, 2.05) is 12.1 Å². The van der Waals surface area contributed by atoms with E-state index in [0.29, 0.717) is 6.54 Å². The zero-order valence-electron chi connectivity index (χ0n) is 8.21. The summed E-state index contributed by atoms with van der Waals surface area (Å²) < 4.78 is 1.59. The first-order chi connectivity index (χ1) is 7.36. The van der Waals surface area contributed by atoms with Crippen molar-refractivity contribution in [2.45, 2.75) is 13.0 Å². The van der Waals surface area contributed by atoms with E-state index in [4.69, 9.17) is 0 Å². The molecule has 0 bridgehead atoms. The van der Waals surface area contributed by atoms with E-state index in [9.17, 15) is 4.79 Å². The first-order valence-corrected chi connectivity index (χ1v) is 4.75. The number of rotatable bonds is 3. The average molecular weight is 201 g/mol. The van der Waals surface area contributed by atoms with Crippen LogP contribution in [0.3, 0.4) is 0 Å². The maximum Gasteiger partial charge on any atom is 0.253 e. The second-order valence-corrected chi connectivity index (χ2v) is 3.22. The van der Waals surface area contributed by atoms with E-state index < -0.39 is 0 Å². The molecule has 0 N–H and O–H groups in total. The van der Waals surface area contributed by atoms with Gasteiger partial charge in [-0.25, -0.2) is 4.98 Å². The van der Waals surface area contributed by atoms with Gasteiger partial charge < -0.3 is 0 Å². The molecule has 15 heavy (non-hydrogen) atoms. The lowest BCUT2D eigenvalue weighted by molar-refractivity contribution is 0.653. The molecule has 0 aromatic carbocycles. The summed E-state index contributed by atoms with van der Waals surface area (Å²) in [5.41, 5.74) is 1.10. The number of nitrogens with zero attached hydrogens (tertiary/aromatic N) is 3. The number of hydrogen-bond donors (Lipinski definition) is 0. The van der Waals surface area contributed by atoms with Gasteiger partial charge in [0.25, 0.3) is 5.56 Å². The Balaban J connectivity index is 2.06. The Kier molecular flexibility index (Phi) is 2.88. The van der Waals surface area contributed by atoms with Crippen molar-refractivity contribution in [2.75, 3.05) is 0 Å². The first-order valence-electron chi connectivity index (χ1n) is 4.75. The zero-order chi connectivity index (χ0) is 10.5. The van der Waals surface area contributed by atoms with Crippen LogP contribution in [-0.4, -0.2) is 14.5 Å². The molecule has 0 spiro atoms. The summed E-state index contributed by atoms with van der Waals surface area (Å²) in [5.74, 6) is 0. The van der Waals surface area contributed by atoms with Gasteiger partial charge in [-0.1, -0.05) is 6.07 Å². The highest BCUT2D eigenvalue weighted by molar-refractivity contribution is 5.08. The lowest BCUT2D eigenvalue weighted by Crippen LogP contribution is -2.19. The summed E-state index contributed by atoms with van der Waals surface area (Å²) in [5, 5.41) is 0. The van der Waals surface area contributed by atoms with Crippen LogP contribution in [0.4, 0.5) is 0 Å². The van der Waals surface area contributed by atoms with Crippen LogP contribution in [0.5, 0.6) is 0 Å². The third kappa shape index (κ3) is 2.49. The molecule has 0 aliphatic rings. The van der Waals surface area contributed by atoms with E-state index >= 15 is 0 Å². The molecule has 0 aliphatic heterocycles. The fourth-order valence-electron chi connectivity index (χ4n) is 1.34. The SMILES string of the molecule is O=c1ccncn1CCc1cccnc1. The van der Waals surface area contributed by atoms with Gasteiger partial charge in [0.2, 0.25) is 0 Å². The molecule has 0 aliphatic carbocycles. The fraction of sp³-hybridized carbons (Fsp3) is 0.182. The molecular weight excluding hydrogens is 190 g/mol. The molecule has 2 heterocycles. The molecule has 2 aromatic rings. The van der Waals surface area contributed by atoms with E-state index in [0.717, 1.165) is 12.0 Å². The number of pyridine rings is 1. The van der Waals surface area contributed by atoms with Gasteiger partial charge in [-0.15, -0.1) is 0 Å². The van der Waals surface area contributed by atoms with Crippen LogP contribution < -0.4 is 5.56 Å². The molecule has 0 amide bonds. The normalized spacial score (nSPS) is 10.1. The van der Waals surface area contributed by atoms with Gasteiger partial charge in [0, 0.05) is 31.2 Å². The molecule has 0 atom stereocenters. The zero-order valence-corrected chi connectivity index (χ0v) is 8.21. The Morgan fingerprint density at radius 2 is 2.13 bits per heavy atom. The van der Waals surface area contributed by atoms with E-state index in [-0.39, 0.29) is 5.56 Å². The smallest absolute Gasteiger partial charge is 0.253 e. The highest BCUT2D eigenvalue weighted by Gasteiger charge is 1.96. The molecule has 0 unspecified atom stereocenters. The largest absolute Gasteiger partial charge is 0.299 e. The van der Waals surface area contributed by atoms with Gasteiger partial charge in [0.15, 0.2) is 0 Å². The standard InChI is InChI=1S/C11H11N3O/c15-11-3-6-13-9-14(11)7-4-10-2-1-5-12-8-10/h1-3,5-6,8-9H,4,7H2. The van der Waals surface area contributed by atoms with Crippen LogP contribution in [-0.2, 0) is 13.0 Å². The van der Waals surface area contributed by atoms with Crippen molar-refractivity contribution in [3.05, 3.63) is 59.0 Å². The lowest BCUT2D eigenvalue weighted by atomic mass is 10.2. The minimum atomic E-state index is -0.0195. The molecule has 76 valence electrons. The Morgan fingerprint density at radius 1 is 1.20 bits per heavy atom. The predicted octanol–water partition coefficient (Wildman–Crippen LogP) is 0.881. The lowest BCUT2D eigenvalue weighted by Gasteiger charge is -2.03. The minimum absolute atomic E-state index is 0.0195. The van der Waals surface area contributed by atoms with Crippen molar-refractivity contribution in [2.24, 2.45) is 0 Å². The Bertz CT molecular complexity index is 478. The highest BCUT2D eigenvalue weighted by atomic mass is 16.1. The van der Waals surface area contributed by atoms with Crippen LogP contribution in [0.2, 0.25) is 0 Å². The summed E-state index contributed by atoms with van der Waals surface area (Å²) >= 11 is 0. The first kappa shape index (κ1) is 9.58. The third-order valence-corrected chi connectivity index (χ3v) is 2.16. The Morgan fingerprint density at radius 3 is 2.87 bits per heavy atom. The summed E-state index contributed by atoms with van der Waals surface area (Å²) in [6.45, 7) is 0.637. The molecule has 2 rings (SSSR count). The van der Waals surface area contributed by atoms with Crippen molar-refractivity contribution in [3.8, 4) is 0 Å². The van der Waals surface area contributed by atoms with Gasteiger partial charge in [-0.2, -0.15) is 0 Å². The van der Waals surface area contributed by atoms with Crippen LogP contribution >= 0.6 is 0 Å². The van der Waals surface area contributed by atoms with Crippen LogP contribution in [0.1, 0.15) is 5.56 Å². The van der Waals surface area contributed by atoms with Crippen LogP contribution in [0.25, 0.3) is 0 Å². The molecule has 4 nitrogen and oxygen atoms in total. The fourth-order valence-corrected chi connectivity index (χ4v) is 1.34. The summed E-state index contributed by atoms with van der Waals surface area (Å²) in [4.78, 5) is 19.3. The van der Waals surface area contributed by atoms with E-state index in [1.165, 1.54) is 12.3 Å². The predicted molar refractivity (Wildman–Crippen MR) is 56.4 cm³/mol. The van der Waals surface area contributed by atoms with Gasteiger partial charge >= 0.3 is 0 Å². The summed E-state index contributed by atoms with van der Waals surface area (Å²) in [6, 6.07) is 5.35. The maximum absolute atomic E-state index is 11.3. The van der Waals surface area contributed by atoms with Crippen LogP contribution in [0.15, 0.2) is 47.9 Å². The Hall–Kier alpha value is -1.97. The monoisotopic (exact) mass is 201 g/mol. The van der Waals surface area contributed by atoms with E-state index in [2.05, 4.69) is 9.97 Å². The Labute approximate surface area is 87.2 Å². The number of hydrogen-bond acceptors (Lipinski definition) is 3. The maximum atomic E-state index is 11.3. The molecular formula is C11H11N3O. The molecule has 2 aromatic heterocycles. The van der Waals surface area contributed by atoms with Gasteiger partial charge in [-0.3, -0.25) is 14.3 Å². The van der Waals surface area contributed by atoms with Crippen molar-refractivity contribution < 1.29 is 0 Å². The average Bonchev–Trinajstić information content (AvgIpc) is 2.29. The molecule has 0 fully saturated rings. The van der Waals surface area contributed by atoms with Gasteiger partial charge in [-0.05, 0) is 18.1 Å². The molecule has 0 saturated heterocycles. The van der Waals surface area contributed by atoms with Crippen LogP contribution in [0, 0.1) is 0 Å². The van der Waals surface area contributed by atoms with Gasteiger partial charge in [0.1, 0.15) is 0 Å². The van der Waals surface area contributed by atoms with Crippen molar-refractivity contribution >= 4 is 0 Å². The molecule has 4 heteroatoms. The van der Waals surface area contributed by atoms with Crippen molar-refractivity contribution in [3.63, 3.8) is 0 Å². The highest BCUT2D eigenvalue weighted by Crippen LogP contribution is 1.97. The summed E-state index contributed by atoms with van der Waals surface area (Å²) in [6.07, 6.45) is 7.39. The second kappa shape index (κ2) is 4.50. The molecule has 0 radical (unpaired) electrons. The number of aryl methyl sites for hydroxylation is 2. The third-order valence-electron chi connectivity index (χ3n) is 2.16. The van der Waals surface area contributed by atoms with Gasteiger partial charge in [0.05, 0.1) is 6.33 Å². The minimum Gasteiger partial charge on any atom is -0.299 e.